The van der Waals surface area contributed by atoms with Crippen molar-refractivity contribution in [1.82, 2.24) is 0 Å². The van der Waals surface area contributed by atoms with Crippen LogP contribution in [0.1, 0.15) is 20.3 Å². The Bertz CT molecular complexity index is 273. The van der Waals surface area contributed by atoms with Gasteiger partial charge >= 0.3 is 11.9 Å². The Morgan fingerprint density at radius 3 is 1.94 bits per heavy atom. The first-order chi connectivity index (χ1) is 7.50. The van der Waals surface area contributed by atoms with E-state index in [-0.39, 0.29) is 19.6 Å². The fraction of sp³-hybridized carbons (Fsp3) is 0.800. The minimum absolute atomic E-state index is 0.0515. The normalized spacial score (nSPS) is 21.7. The van der Waals surface area contributed by atoms with Gasteiger partial charge in [0.25, 0.3) is 0 Å². The smallest absolute Gasteiger partial charge is 0.324 e. The molecule has 1 saturated carbocycles. The lowest BCUT2D eigenvalue weighted by atomic mass is 10.0. The molecule has 1 unspecified atom stereocenters. The van der Waals surface area contributed by atoms with Crippen molar-refractivity contribution < 1.29 is 27.8 Å². The number of halogens is 2. The molecule has 0 bridgehead atoms. The van der Waals surface area contributed by atoms with Crippen LogP contribution in [0.4, 0.5) is 8.78 Å². The van der Waals surface area contributed by atoms with Gasteiger partial charge in [0, 0.05) is 5.92 Å². The van der Waals surface area contributed by atoms with Crippen molar-refractivity contribution in [1.29, 1.82) is 0 Å². The van der Waals surface area contributed by atoms with Crippen LogP contribution < -0.4 is 0 Å². The second-order valence-electron chi connectivity index (χ2n) is 3.56. The van der Waals surface area contributed by atoms with Crippen LogP contribution in [-0.4, -0.2) is 31.6 Å². The maximum atomic E-state index is 12.5. The number of ether oxygens (including phenoxy) is 2. The topological polar surface area (TPSA) is 52.6 Å². The molecule has 16 heavy (non-hydrogen) atoms. The van der Waals surface area contributed by atoms with E-state index in [2.05, 4.69) is 9.47 Å². The van der Waals surface area contributed by atoms with Crippen molar-refractivity contribution in [3.05, 3.63) is 0 Å². The molecule has 1 aliphatic rings. The molecule has 0 aliphatic heterocycles. The largest absolute Gasteiger partial charge is 0.465 e. The third-order valence-corrected chi connectivity index (χ3v) is 2.60. The van der Waals surface area contributed by atoms with Crippen molar-refractivity contribution in [2.45, 2.75) is 26.7 Å². The Morgan fingerprint density at radius 1 is 1.25 bits per heavy atom. The summed E-state index contributed by atoms with van der Waals surface area (Å²) in [5.74, 6) is -3.08. The number of hydrogen-bond donors (Lipinski definition) is 0. The summed E-state index contributed by atoms with van der Waals surface area (Å²) in [6.45, 7) is 3.21. The monoisotopic (exact) mass is 236 g/mol. The molecule has 92 valence electrons. The zero-order valence-corrected chi connectivity index (χ0v) is 9.16. The molecule has 4 nitrogen and oxygen atoms in total. The molecule has 0 heterocycles. The molecule has 0 aromatic rings. The molecule has 1 atom stereocenters. The summed E-state index contributed by atoms with van der Waals surface area (Å²) in [4.78, 5) is 23.0. The lowest BCUT2D eigenvalue weighted by molar-refractivity contribution is -0.166. The van der Waals surface area contributed by atoms with Gasteiger partial charge < -0.3 is 9.47 Å². The summed E-state index contributed by atoms with van der Waals surface area (Å²) >= 11 is 0. The van der Waals surface area contributed by atoms with E-state index in [1.54, 1.807) is 13.8 Å². The van der Waals surface area contributed by atoms with E-state index in [1.165, 1.54) is 0 Å². The highest BCUT2D eigenvalue weighted by atomic mass is 19.3. The van der Waals surface area contributed by atoms with Crippen LogP contribution in [0, 0.1) is 11.3 Å². The van der Waals surface area contributed by atoms with Gasteiger partial charge in [-0.05, 0) is 20.3 Å². The van der Waals surface area contributed by atoms with Gasteiger partial charge in [-0.1, -0.05) is 0 Å². The van der Waals surface area contributed by atoms with Gasteiger partial charge in [-0.3, -0.25) is 9.59 Å². The number of carbonyl (C=O) groups excluding carboxylic acids is 2. The average Bonchev–Trinajstić information content (AvgIpc) is 2.94. The summed E-state index contributed by atoms with van der Waals surface area (Å²) in [5, 5.41) is 0. The van der Waals surface area contributed by atoms with E-state index in [0.29, 0.717) is 0 Å². The molecular weight excluding hydrogens is 222 g/mol. The van der Waals surface area contributed by atoms with Crippen molar-refractivity contribution in [3.8, 4) is 0 Å². The molecule has 0 N–H and O–H groups in total. The zero-order valence-electron chi connectivity index (χ0n) is 9.16. The number of rotatable bonds is 5. The highest BCUT2D eigenvalue weighted by molar-refractivity contribution is 6.04. The molecule has 0 amide bonds. The molecule has 1 rings (SSSR count). The Kier molecular flexibility index (Phi) is 3.83. The van der Waals surface area contributed by atoms with Crippen molar-refractivity contribution >= 4 is 11.9 Å². The van der Waals surface area contributed by atoms with E-state index in [4.69, 9.17) is 0 Å². The molecule has 0 spiro atoms. The van der Waals surface area contributed by atoms with E-state index < -0.39 is 29.7 Å². The standard InChI is InChI=1S/C10H14F2O4/c1-3-15-8(13)10(9(14)16-4-2)5-6(10)7(11)12/h6-7H,3-5H2,1-2H3. The maximum absolute atomic E-state index is 12.5. The molecule has 1 fully saturated rings. The van der Waals surface area contributed by atoms with E-state index in [1.807, 2.05) is 0 Å². The summed E-state index contributed by atoms with van der Waals surface area (Å²) in [7, 11) is 0. The lowest BCUT2D eigenvalue weighted by Crippen LogP contribution is -2.33. The average molecular weight is 236 g/mol. The van der Waals surface area contributed by atoms with E-state index >= 15 is 0 Å². The van der Waals surface area contributed by atoms with Crippen LogP contribution in [0.2, 0.25) is 0 Å². The molecule has 0 aromatic heterocycles. The molecule has 0 radical (unpaired) electrons. The van der Waals surface area contributed by atoms with E-state index in [0.717, 1.165) is 0 Å². The van der Waals surface area contributed by atoms with Gasteiger partial charge in [0.1, 0.15) is 0 Å². The lowest BCUT2D eigenvalue weighted by Gasteiger charge is -2.14. The van der Waals surface area contributed by atoms with Crippen molar-refractivity contribution in [2.24, 2.45) is 11.3 Å². The second kappa shape index (κ2) is 4.76. The van der Waals surface area contributed by atoms with Crippen LogP contribution in [0.25, 0.3) is 0 Å². The fourth-order valence-corrected chi connectivity index (χ4v) is 1.66. The van der Waals surface area contributed by atoms with Crippen molar-refractivity contribution in [3.63, 3.8) is 0 Å². The Balaban J connectivity index is 2.81. The number of esters is 2. The van der Waals surface area contributed by atoms with Crippen LogP contribution in [0.3, 0.4) is 0 Å². The molecular formula is C10H14F2O4. The number of hydrogen-bond acceptors (Lipinski definition) is 4. The summed E-state index contributed by atoms with van der Waals surface area (Å²) in [6, 6.07) is 0. The molecule has 0 saturated heterocycles. The quantitative estimate of drug-likeness (QED) is 0.534. The SMILES string of the molecule is CCOC(=O)C1(C(=O)OCC)CC1C(F)F. The van der Waals surface area contributed by atoms with Gasteiger partial charge in [-0.2, -0.15) is 0 Å². The minimum Gasteiger partial charge on any atom is -0.465 e. The third-order valence-electron chi connectivity index (χ3n) is 2.60. The van der Waals surface area contributed by atoms with Crippen LogP contribution in [0.5, 0.6) is 0 Å². The summed E-state index contributed by atoms with van der Waals surface area (Å²) in [5.41, 5.74) is -1.76. The van der Waals surface area contributed by atoms with Gasteiger partial charge in [0.2, 0.25) is 6.43 Å². The summed E-state index contributed by atoms with van der Waals surface area (Å²) < 4.78 is 34.3. The number of carbonyl (C=O) groups is 2. The molecule has 0 aromatic carbocycles. The Morgan fingerprint density at radius 2 is 1.69 bits per heavy atom. The first-order valence-corrected chi connectivity index (χ1v) is 5.13. The van der Waals surface area contributed by atoms with E-state index in [9.17, 15) is 18.4 Å². The highest BCUT2D eigenvalue weighted by Crippen LogP contribution is 2.57. The first-order valence-electron chi connectivity index (χ1n) is 5.13. The van der Waals surface area contributed by atoms with Gasteiger partial charge in [-0.15, -0.1) is 0 Å². The zero-order chi connectivity index (χ0) is 12.3. The van der Waals surface area contributed by atoms with Crippen LogP contribution in [-0.2, 0) is 19.1 Å². The van der Waals surface area contributed by atoms with Gasteiger partial charge in [-0.25, -0.2) is 8.78 Å². The Hall–Kier alpha value is -1.20. The molecule has 1 aliphatic carbocycles. The van der Waals surface area contributed by atoms with Crippen LogP contribution >= 0.6 is 0 Å². The third kappa shape index (κ3) is 2.01. The van der Waals surface area contributed by atoms with Crippen LogP contribution in [0.15, 0.2) is 0 Å². The summed E-state index contributed by atoms with van der Waals surface area (Å²) in [6.07, 6.45) is -2.91. The predicted molar refractivity (Wildman–Crippen MR) is 49.8 cm³/mol. The second-order valence-corrected chi connectivity index (χ2v) is 3.56. The minimum atomic E-state index is -2.71. The maximum Gasteiger partial charge on any atom is 0.324 e. The fourth-order valence-electron chi connectivity index (χ4n) is 1.66. The highest BCUT2D eigenvalue weighted by Gasteiger charge is 2.71. The Labute approximate surface area is 91.9 Å². The predicted octanol–water partition coefficient (Wildman–Crippen LogP) is 1.38. The molecule has 6 heteroatoms. The van der Waals surface area contributed by atoms with Crippen molar-refractivity contribution in [2.75, 3.05) is 13.2 Å². The number of alkyl halides is 2. The van der Waals surface area contributed by atoms with Gasteiger partial charge in [0.15, 0.2) is 5.41 Å². The van der Waals surface area contributed by atoms with Gasteiger partial charge in [0.05, 0.1) is 13.2 Å². The first kappa shape index (κ1) is 12.9.